The molecule has 0 aliphatic carbocycles. The Morgan fingerprint density at radius 2 is 1.79 bits per heavy atom. The summed E-state index contributed by atoms with van der Waals surface area (Å²) in [7, 11) is 0. The molecule has 0 aromatic heterocycles. The van der Waals surface area contributed by atoms with Gasteiger partial charge in [0.05, 0.1) is 5.56 Å². The van der Waals surface area contributed by atoms with Gasteiger partial charge in [-0.15, -0.1) is 0 Å². The van der Waals surface area contributed by atoms with Crippen molar-refractivity contribution in [3.63, 3.8) is 0 Å². The topological polar surface area (TPSA) is 57.5 Å². The first-order valence-electron chi connectivity index (χ1n) is 5.26. The maximum Gasteiger partial charge on any atom is 0.416 e. The summed E-state index contributed by atoms with van der Waals surface area (Å²) in [6.07, 6.45) is -6.62. The van der Waals surface area contributed by atoms with Gasteiger partial charge in [-0.1, -0.05) is 19.9 Å². The number of benzene rings is 1. The molecule has 1 unspecified atom stereocenters. The van der Waals surface area contributed by atoms with Crippen molar-refractivity contribution in [1.82, 2.24) is 0 Å². The van der Waals surface area contributed by atoms with Crippen LogP contribution in [0.3, 0.4) is 0 Å². The number of hydrogen-bond donors (Lipinski definition) is 2. The summed E-state index contributed by atoms with van der Waals surface area (Å²) in [4.78, 5) is 10.7. The number of halogens is 4. The summed E-state index contributed by atoms with van der Waals surface area (Å²) in [5, 5.41) is 18.2. The van der Waals surface area contributed by atoms with Crippen molar-refractivity contribution < 1.29 is 32.6 Å². The first-order valence-corrected chi connectivity index (χ1v) is 5.26. The third-order valence-electron chi connectivity index (χ3n) is 2.91. The Labute approximate surface area is 106 Å². The van der Waals surface area contributed by atoms with E-state index in [1.807, 2.05) is 0 Å². The molecular formula is C12H12F4O3. The Bertz CT molecular complexity index is 494. The van der Waals surface area contributed by atoms with Crippen LogP contribution in [0.25, 0.3) is 0 Å². The molecule has 0 bridgehead atoms. The predicted molar refractivity (Wildman–Crippen MR) is 58.1 cm³/mol. The molecule has 0 saturated heterocycles. The van der Waals surface area contributed by atoms with Crippen LogP contribution in [0.5, 0.6) is 0 Å². The Balaban J connectivity index is 3.27. The van der Waals surface area contributed by atoms with Crippen molar-refractivity contribution in [3.8, 4) is 0 Å². The van der Waals surface area contributed by atoms with E-state index in [0.717, 1.165) is 6.07 Å². The molecule has 0 aliphatic heterocycles. The highest BCUT2D eigenvalue weighted by Crippen LogP contribution is 2.34. The van der Waals surface area contributed by atoms with Gasteiger partial charge in [0.25, 0.3) is 0 Å². The van der Waals surface area contributed by atoms with Crippen LogP contribution in [0.15, 0.2) is 18.2 Å². The van der Waals surface area contributed by atoms with Crippen LogP contribution in [0, 0.1) is 5.82 Å². The standard InChI is InChI=1S/C12H12F4O3/c1-11(2,9(17)10(18)19)7-4-3-6(5-8(7)13)12(14,15)16/h3-5,9,17H,1-2H3,(H,18,19). The minimum Gasteiger partial charge on any atom is -0.479 e. The summed E-state index contributed by atoms with van der Waals surface area (Å²) in [5.74, 6) is -2.79. The second kappa shape index (κ2) is 4.80. The third-order valence-corrected chi connectivity index (χ3v) is 2.91. The molecule has 1 atom stereocenters. The van der Waals surface area contributed by atoms with Gasteiger partial charge < -0.3 is 10.2 Å². The smallest absolute Gasteiger partial charge is 0.416 e. The molecule has 106 valence electrons. The van der Waals surface area contributed by atoms with E-state index in [-0.39, 0.29) is 11.6 Å². The molecule has 19 heavy (non-hydrogen) atoms. The van der Waals surface area contributed by atoms with E-state index in [4.69, 9.17) is 5.11 Å². The molecule has 0 fully saturated rings. The zero-order valence-electron chi connectivity index (χ0n) is 10.1. The lowest BCUT2D eigenvalue weighted by molar-refractivity contribution is -0.150. The van der Waals surface area contributed by atoms with Crippen LogP contribution in [-0.2, 0) is 16.4 Å². The van der Waals surface area contributed by atoms with Gasteiger partial charge in [0.15, 0.2) is 6.10 Å². The highest BCUT2D eigenvalue weighted by molar-refractivity contribution is 5.74. The average Bonchev–Trinajstić information content (AvgIpc) is 2.26. The largest absolute Gasteiger partial charge is 0.479 e. The van der Waals surface area contributed by atoms with E-state index in [0.29, 0.717) is 6.07 Å². The number of carboxylic acid groups (broad SMARTS) is 1. The summed E-state index contributed by atoms with van der Waals surface area (Å²) in [6.45, 7) is 2.47. The molecule has 0 heterocycles. The summed E-state index contributed by atoms with van der Waals surface area (Å²) in [5.41, 5.74) is -3.02. The van der Waals surface area contributed by atoms with E-state index in [1.54, 1.807) is 0 Å². The highest BCUT2D eigenvalue weighted by atomic mass is 19.4. The van der Waals surface area contributed by atoms with Crippen molar-refractivity contribution in [2.45, 2.75) is 31.5 Å². The van der Waals surface area contributed by atoms with Crippen LogP contribution in [0.4, 0.5) is 17.6 Å². The van der Waals surface area contributed by atoms with Crippen LogP contribution >= 0.6 is 0 Å². The lowest BCUT2D eigenvalue weighted by atomic mass is 9.78. The number of alkyl halides is 3. The van der Waals surface area contributed by atoms with Gasteiger partial charge in [0.2, 0.25) is 0 Å². The number of aliphatic carboxylic acids is 1. The summed E-state index contributed by atoms with van der Waals surface area (Å²) < 4.78 is 50.8. The van der Waals surface area contributed by atoms with E-state index in [1.165, 1.54) is 13.8 Å². The molecule has 0 aliphatic rings. The summed E-state index contributed by atoms with van der Waals surface area (Å²) in [6, 6.07) is 1.77. The lowest BCUT2D eigenvalue weighted by Crippen LogP contribution is -2.40. The molecule has 0 saturated carbocycles. The number of rotatable bonds is 3. The van der Waals surface area contributed by atoms with E-state index in [2.05, 4.69) is 0 Å². The van der Waals surface area contributed by atoms with E-state index < -0.39 is 35.0 Å². The van der Waals surface area contributed by atoms with Crippen molar-refractivity contribution >= 4 is 5.97 Å². The zero-order chi connectivity index (χ0) is 15.0. The number of aliphatic hydroxyl groups is 1. The molecule has 1 aromatic carbocycles. The molecule has 1 aromatic rings. The fourth-order valence-corrected chi connectivity index (χ4v) is 1.67. The van der Waals surface area contributed by atoms with Gasteiger partial charge in [-0.3, -0.25) is 0 Å². The second-order valence-corrected chi connectivity index (χ2v) is 4.65. The lowest BCUT2D eigenvalue weighted by Gasteiger charge is -2.28. The normalized spacial score (nSPS) is 14.3. The monoisotopic (exact) mass is 280 g/mol. The Kier molecular flexibility index (Phi) is 3.90. The molecule has 2 N–H and O–H groups in total. The SMILES string of the molecule is CC(C)(c1ccc(C(F)(F)F)cc1F)C(O)C(=O)O. The van der Waals surface area contributed by atoms with Gasteiger partial charge in [0, 0.05) is 5.41 Å². The number of aliphatic hydroxyl groups excluding tert-OH is 1. The second-order valence-electron chi connectivity index (χ2n) is 4.65. The van der Waals surface area contributed by atoms with Crippen LogP contribution in [-0.4, -0.2) is 22.3 Å². The van der Waals surface area contributed by atoms with Crippen LogP contribution < -0.4 is 0 Å². The quantitative estimate of drug-likeness (QED) is 0.837. The van der Waals surface area contributed by atoms with E-state index in [9.17, 15) is 27.5 Å². The molecule has 1 rings (SSSR count). The molecule has 0 radical (unpaired) electrons. The minimum atomic E-state index is -4.69. The Morgan fingerprint density at radius 3 is 2.16 bits per heavy atom. The first-order chi connectivity index (χ1) is 8.48. The number of carbonyl (C=O) groups is 1. The molecular weight excluding hydrogens is 268 g/mol. The van der Waals surface area contributed by atoms with Crippen molar-refractivity contribution in [1.29, 1.82) is 0 Å². The van der Waals surface area contributed by atoms with Crippen molar-refractivity contribution in [2.24, 2.45) is 0 Å². The minimum absolute atomic E-state index is 0.283. The fraction of sp³-hybridized carbons (Fsp3) is 0.417. The first kappa shape index (κ1) is 15.4. The molecule has 7 heteroatoms. The summed E-state index contributed by atoms with van der Waals surface area (Å²) >= 11 is 0. The van der Waals surface area contributed by atoms with Crippen molar-refractivity contribution in [3.05, 3.63) is 35.1 Å². The highest BCUT2D eigenvalue weighted by Gasteiger charge is 2.38. The average molecular weight is 280 g/mol. The van der Waals surface area contributed by atoms with Gasteiger partial charge in [-0.25, -0.2) is 9.18 Å². The Hall–Kier alpha value is -1.63. The predicted octanol–water partition coefficient (Wildman–Crippen LogP) is 2.57. The number of hydrogen-bond acceptors (Lipinski definition) is 2. The Morgan fingerprint density at radius 1 is 1.26 bits per heavy atom. The van der Waals surface area contributed by atoms with Gasteiger partial charge in [0.1, 0.15) is 5.82 Å². The molecule has 3 nitrogen and oxygen atoms in total. The maximum absolute atomic E-state index is 13.7. The van der Waals surface area contributed by atoms with Crippen LogP contribution in [0.1, 0.15) is 25.0 Å². The van der Waals surface area contributed by atoms with E-state index >= 15 is 0 Å². The van der Waals surface area contributed by atoms with Gasteiger partial charge in [-0.05, 0) is 17.7 Å². The maximum atomic E-state index is 13.7. The fourth-order valence-electron chi connectivity index (χ4n) is 1.67. The molecule has 0 spiro atoms. The van der Waals surface area contributed by atoms with Gasteiger partial charge in [-0.2, -0.15) is 13.2 Å². The molecule has 0 amide bonds. The van der Waals surface area contributed by atoms with Crippen LogP contribution in [0.2, 0.25) is 0 Å². The number of carboxylic acids is 1. The van der Waals surface area contributed by atoms with Gasteiger partial charge >= 0.3 is 12.1 Å². The zero-order valence-corrected chi connectivity index (χ0v) is 10.1. The van der Waals surface area contributed by atoms with Crippen molar-refractivity contribution in [2.75, 3.05) is 0 Å². The third kappa shape index (κ3) is 3.04.